The van der Waals surface area contributed by atoms with Crippen LogP contribution in [0.2, 0.25) is 0 Å². The molecule has 2 unspecified atom stereocenters. The van der Waals surface area contributed by atoms with Crippen molar-refractivity contribution in [2.45, 2.75) is 82.8 Å². The molecule has 2 fully saturated rings. The van der Waals surface area contributed by atoms with Crippen LogP contribution in [-0.2, 0) is 15.7 Å². The van der Waals surface area contributed by atoms with Gasteiger partial charge in [0.15, 0.2) is 0 Å². The maximum Gasteiger partial charge on any atom is 0.416 e. The first-order chi connectivity index (χ1) is 19.2. The molecule has 0 aromatic heterocycles. The molecule has 1 amide bonds. The summed E-state index contributed by atoms with van der Waals surface area (Å²) in [6.07, 6.45) is -1.04. The van der Waals surface area contributed by atoms with Crippen LogP contribution in [0.25, 0.3) is 0 Å². The maximum atomic E-state index is 13.9. The van der Waals surface area contributed by atoms with Gasteiger partial charge in [0.2, 0.25) is 5.91 Å². The van der Waals surface area contributed by atoms with Gasteiger partial charge in [0, 0.05) is 33.7 Å². The van der Waals surface area contributed by atoms with E-state index in [1.54, 1.807) is 31.2 Å². The average Bonchev–Trinajstić information content (AvgIpc) is 3.26. The van der Waals surface area contributed by atoms with Gasteiger partial charge in [-0.1, -0.05) is 17.7 Å². The first kappa shape index (κ1) is 30.5. The zero-order chi connectivity index (χ0) is 29.7. The molecule has 2 aromatic carbocycles. The minimum atomic E-state index is -4.46. The molecule has 3 aliphatic rings. The van der Waals surface area contributed by atoms with Crippen LogP contribution in [0.3, 0.4) is 0 Å². The Kier molecular flexibility index (Phi) is 8.62. The van der Waals surface area contributed by atoms with E-state index in [-0.39, 0.29) is 29.2 Å². The fourth-order valence-electron chi connectivity index (χ4n) is 6.72. The van der Waals surface area contributed by atoms with Crippen LogP contribution >= 0.6 is 22.6 Å². The van der Waals surface area contributed by atoms with Crippen LogP contribution in [0.4, 0.5) is 17.6 Å². The molecule has 0 bridgehead atoms. The lowest BCUT2D eigenvalue weighted by atomic mass is 9.79. The monoisotopic (exact) mass is 684 g/mol. The van der Waals surface area contributed by atoms with Gasteiger partial charge in [0.05, 0.1) is 17.8 Å². The second-order valence-corrected chi connectivity index (χ2v) is 13.8. The molecule has 2 saturated heterocycles. The molecule has 2 aromatic rings. The molecule has 3 heterocycles. The Morgan fingerprint density at radius 3 is 2.29 bits per heavy atom. The summed E-state index contributed by atoms with van der Waals surface area (Å²) in [7, 11) is 0. The highest BCUT2D eigenvalue weighted by Crippen LogP contribution is 2.45. The zero-order valence-electron chi connectivity index (χ0n) is 23.8. The molecule has 9 heteroatoms. The summed E-state index contributed by atoms with van der Waals surface area (Å²) < 4.78 is 61.4. The number of rotatable bonds is 5. The smallest absolute Gasteiger partial charge is 0.368 e. The van der Waals surface area contributed by atoms with E-state index in [0.29, 0.717) is 28.0 Å². The third kappa shape index (κ3) is 6.67. The van der Waals surface area contributed by atoms with Crippen molar-refractivity contribution in [2.24, 2.45) is 5.92 Å². The standard InChI is InChI=1S/C32H37F4IN2O2/c1-19(22-13-24(32(34,35)36)17-26(37)14-22)41-28-18-39-27(30(28)21-5-7-25(33)8-6-21)15-23(16-29(39)40)20-9-11-38(12-10-20)31(2,3)4/h5-8,13-14,16-17,19-20,27-28,30H,9-12,15,18H2,1-4H3/t19-,27?,28+,30?/m1/s1. The second-order valence-electron chi connectivity index (χ2n) is 12.6. The van der Waals surface area contributed by atoms with Gasteiger partial charge in [-0.05, 0) is 130 Å². The van der Waals surface area contributed by atoms with Gasteiger partial charge >= 0.3 is 6.18 Å². The van der Waals surface area contributed by atoms with Gasteiger partial charge in [-0.2, -0.15) is 13.2 Å². The molecule has 0 spiro atoms. The van der Waals surface area contributed by atoms with E-state index >= 15 is 0 Å². The predicted octanol–water partition coefficient (Wildman–Crippen LogP) is 7.73. The number of carbonyl (C=O) groups is 1. The van der Waals surface area contributed by atoms with Crippen molar-refractivity contribution in [2.75, 3.05) is 19.6 Å². The van der Waals surface area contributed by atoms with E-state index < -0.39 is 23.9 Å². The summed E-state index contributed by atoms with van der Waals surface area (Å²) in [5.74, 6) is -0.294. The maximum absolute atomic E-state index is 13.9. The molecular weight excluding hydrogens is 647 g/mol. The van der Waals surface area contributed by atoms with E-state index in [9.17, 15) is 22.4 Å². The third-order valence-corrected chi connectivity index (χ3v) is 9.57. The quantitative estimate of drug-likeness (QED) is 0.239. The Labute approximate surface area is 253 Å². The molecule has 222 valence electrons. The minimum Gasteiger partial charge on any atom is -0.368 e. The summed E-state index contributed by atoms with van der Waals surface area (Å²) in [4.78, 5) is 17.8. The van der Waals surface area contributed by atoms with Gasteiger partial charge < -0.3 is 9.64 Å². The number of piperidine rings is 1. The number of benzene rings is 2. The number of halogens is 5. The second kappa shape index (κ2) is 11.6. The highest BCUT2D eigenvalue weighted by atomic mass is 127. The fraction of sp³-hybridized carbons (Fsp3) is 0.531. The van der Waals surface area contributed by atoms with Crippen LogP contribution in [0, 0.1) is 15.3 Å². The summed E-state index contributed by atoms with van der Waals surface area (Å²) >= 11 is 1.89. The number of nitrogens with zero attached hydrogens (tertiary/aromatic N) is 2. The van der Waals surface area contributed by atoms with Crippen LogP contribution < -0.4 is 0 Å². The van der Waals surface area contributed by atoms with Crippen molar-refractivity contribution < 1.29 is 27.1 Å². The van der Waals surface area contributed by atoms with E-state index in [2.05, 4.69) is 25.7 Å². The Morgan fingerprint density at radius 2 is 1.68 bits per heavy atom. The number of fused-ring (bicyclic) bond motifs is 1. The summed E-state index contributed by atoms with van der Waals surface area (Å²) in [6, 6.07) is 10.1. The van der Waals surface area contributed by atoms with Gasteiger partial charge in [0.1, 0.15) is 5.82 Å². The largest absolute Gasteiger partial charge is 0.416 e. The Bertz CT molecular complexity index is 1300. The number of carbonyl (C=O) groups excluding carboxylic acids is 1. The number of hydrogen-bond donors (Lipinski definition) is 0. The lowest BCUT2D eigenvalue weighted by Crippen LogP contribution is -2.47. The summed E-state index contributed by atoms with van der Waals surface area (Å²) in [5, 5.41) is 0. The van der Waals surface area contributed by atoms with Crippen molar-refractivity contribution in [1.29, 1.82) is 0 Å². The van der Waals surface area contributed by atoms with Crippen LogP contribution in [0.15, 0.2) is 54.1 Å². The molecule has 41 heavy (non-hydrogen) atoms. The van der Waals surface area contributed by atoms with Crippen LogP contribution in [0.1, 0.15) is 75.7 Å². The Morgan fingerprint density at radius 1 is 1.02 bits per heavy atom. The third-order valence-electron chi connectivity index (χ3n) is 8.95. The van der Waals surface area contributed by atoms with Crippen molar-refractivity contribution in [3.05, 3.63) is 80.2 Å². The van der Waals surface area contributed by atoms with E-state index in [0.717, 1.165) is 49.2 Å². The van der Waals surface area contributed by atoms with Crippen molar-refractivity contribution in [1.82, 2.24) is 9.80 Å². The number of hydrogen-bond acceptors (Lipinski definition) is 3. The normalized spacial score (nSPS) is 25.3. The number of likely N-dealkylation sites (tertiary alicyclic amines) is 1. The highest BCUT2D eigenvalue weighted by molar-refractivity contribution is 14.1. The molecule has 0 saturated carbocycles. The lowest BCUT2D eigenvalue weighted by molar-refractivity contribution is -0.137. The van der Waals surface area contributed by atoms with Gasteiger partial charge in [-0.15, -0.1) is 0 Å². The summed E-state index contributed by atoms with van der Waals surface area (Å²) in [5.41, 5.74) is 1.86. The molecule has 4 atom stereocenters. The van der Waals surface area contributed by atoms with Crippen LogP contribution in [-0.4, -0.2) is 53.0 Å². The van der Waals surface area contributed by atoms with Crippen molar-refractivity contribution >= 4 is 28.5 Å². The molecule has 0 N–H and O–H groups in total. The number of alkyl halides is 3. The Hall–Kier alpha value is -1.98. The highest BCUT2D eigenvalue weighted by Gasteiger charge is 2.48. The molecule has 0 aliphatic carbocycles. The first-order valence-corrected chi connectivity index (χ1v) is 15.3. The van der Waals surface area contributed by atoms with Crippen molar-refractivity contribution in [3.8, 4) is 0 Å². The minimum absolute atomic E-state index is 0.0472. The zero-order valence-corrected chi connectivity index (χ0v) is 26.0. The van der Waals surface area contributed by atoms with Gasteiger partial charge in [-0.25, -0.2) is 4.39 Å². The van der Waals surface area contributed by atoms with E-state index in [4.69, 9.17) is 4.74 Å². The number of ether oxygens (including phenoxy) is 1. The van der Waals surface area contributed by atoms with Gasteiger partial charge in [-0.3, -0.25) is 9.69 Å². The lowest BCUT2D eigenvalue weighted by Gasteiger charge is -2.43. The molecular formula is C32H37F4IN2O2. The molecule has 0 radical (unpaired) electrons. The topological polar surface area (TPSA) is 32.8 Å². The fourth-order valence-corrected chi connectivity index (χ4v) is 7.42. The Balaban J connectivity index is 1.40. The van der Waals surface area contributed by atoms with E-state index in [1.165, 1.54) is 12.1 Å². The van der Waals surface area contributed by atoms with Crippen molar-refractivity contribution in [3.63, 3.8) is 0 Å². The average molecular weight is 685 g/mol. The summed E-state index contributed by atoms with van der Waals surface area (Å²) in [6.45, 7) is 10.7. The molecule has 5 rings (SSSR count). The van der Waals surface area contributed by atoms with Crippen LogP contribution in [0.5, 0.6) is 0 Å². The molecule has 4 nitrogen and oxygen atoms in total. The van der Waals surface area contributed by atoms with Gasteiger partial charge in [0.25, 0.3) is 0 Å². The SMILES string of the molecule is C[C@@H](O[C@H]1CN2C(=O)C=C(C3CCN(C(C)(C)C)CC3)CC2C1c1ccc(F)cc1)c1cc(I)cc(C(F)(F)F)c1. The number of amides is 1. The van der Waals surface area contributed by atoms with E-state index in [1.807, 2.05) is 27.5 Å². The predicted molar refractivity (Wildman–Crippen MR) is 159 cm³/mol. The first-order valence-electron chi connectivity index (χ1n) is 14.3. The molecule has 3 aliphatic heterocycles.